The van der Waals surface area contributed by atoms with Crippen molar-refractivity contribution in [3.8, 4) is 0 Å². The number of ether oxygens (including phenoxy) is 2. The summed E-state index contributed by atoms with van der Waals surface area (Å²) >= 11 is 0. The van der Waals surface area contributed by atoms with Gasteiger partial charge >= 0.3 is 18.0 Å². The van der Waals surface area contributed by atoms with Crippen LogP contribution in [-0.2, 0) is 19.1 Å². The van der Waals surface area contributed by atoms with Gasteiger partial charge in [-0.2, -0.15) is 0 Å². The van der Waals surface area contributed by atoms with Gasteiger partial charge in [-0.25, -0.2) is 4.79 Å². The van der Waals surface area contributed by atoms with Crippen LogP contribution in [0, 0.1) is 5.92 Å². The summed E-state index contributed by atoms with van der Waals surface area (Å²) in [7, 11) is 0. The molecule has 1 saturated heterocycles. The Kier molecular flexibility index (Phi) is 4.39. The van der Waals surface area contributed by atoms with Crippen LogP contribution in [0.25, 0.3) is 0 Å². The maximum Gasteiger partial charge on any atom is 0.410 e. The van der Waals surface area contributed by atoms with Crippen LogP contribution in [-0.4, -0.2) is 52.8 Å². The van der Waals surface area contributed by atoms with Crippen LogP contribution in [0.2, 0.25) is 0 Å². The molecule has 2 atom stereocenters. The third kappa shape index (κ3) is 4.42. The van der Waals surface area contributed by atoms with Crippen molar-refractivity contribution in [2.75, 3.05) is 13.1 Å². The number of carbonyl (C=O) groups excluding carboxylic acids is 2. The fourth-order valence-electron chi connectivity index (χ4n) is 1.82. The molecule has 0 radical (unpaired) electrons. The molecule has 1 aliphatic heterocycles. The van der Waals surface area contributed by atoms with Gasteiger partial charge in [-0.3, -0.25) is 9.59 Å². The van der Waals surface area contributed by atoms with E-state index in [4.69, 9.17) is 14.6 Å². The summed E-state index contributed by atoms with van der Waals surface area (Å²) < 4.78 is 10.1. The van der Waals surface area contributed by atoms with Crippen molar-refractivity contribution in [3.63, 3.8) is 0 Å². The van der Waals surface area contributed by atoms with Gasteiger partial charge in [-0.05, 0) is 20.8 Å². The smallest absolute Gasteiger partial charge is 0.410 e. The van der Waals surface area contributed by atoms with E-state index < -0.39 is 35.7 Å². The van der Waals surface area contributed by atoms with E-state index in [1.807, 2.05) is 0 Å². The first-order chi connectivity index (χ1) is 8.60. The van der Waals surface area contributed by atoms with Crippen LogP contribution in [0.3, 0.4) is 0 Å². The zero-order valence-electron chi connectivity index (χ0n) is 11.5. The molecular formula is C12H19NO6. The number of carbonyl (C=O) groups is 3. The molecule has 2 unspecified atom stereocenters. The maximum absolute atomic E-state index is 11.8. The highest BCUT2D eigenvalue weighted by molar-refractivity contribution is 5.76. The van der Waals surface area contributed by atoms with E-state index in [0.717, 1.165) is 0 Å². The normalized spacial score (nSPS) is 23.1. The number of hydrogen-bond acceptors (Lipinski definition) is 5. The Labute approximate surface area is 111 Å². The number of aliphatic carboxylic acids is 1. The van der Waals surface area contributed by atoms with Crippen LogP contribution in [0.4, 0.5) is 4.79 Å². The van der Waals surface area contributed by atoms with Gasteiger partial charge in [-0.15, -0.1) is 0 Å². The fraction of sp³-hybridized carbons (Fsp3) is 0.750. The lowest BCUT2D eigenvalue weighted by Gasteiger charge is -2.24. The predicted octanol–water partition coefficient (Wildman–Crippen LogP) is 0.870. The number of esters is 1. The molecule has 1 heterocycles. The molecule has 0 spiro atoms. The molecule has 0 bridgehead atoms. The molecule has 1 aliphatic rings. The molecular weight excluding hydrogens is 254 g/mol. The van der Waals surface area contributed by atoms with E-state index in [1.54, 1.807) is 20.8 Å². The maximum atomic E-state index is 11.8. The molecule has 7 nitrogen and oxygen atoms in total. The summed E-state index contributed by atoms with van der Waals surface area (Å²) in [6.07, 6.45) is -1.43. The van der Waals surface area contributed by atoms with Crippen LogP contribution < -0.4 is 0 Å². The Morgan fingerprint density at radius 2 is 1.79 bits per heavy atom. The molecule has 19 heavy (non-hydrogen) atoms. The molecule has 0 saturated carbocycles. The van der Waals surface area contributed by atoms with Crippen molar-refractivity contribution in [2.45, 2.75) is 39.4 Å². The molecule has 108 valence electrons. The van der Waals surface area contributed by atoms with Crippen molar-refractivity contribution in [1.29, 1.82) is 0 Å². The van der Waals surface area contributed by atoms with Crippen molar-refractivity contribution in [3.05, 3.63) is 0 Å². The molecule has 7 heteroatoms. The first-order valence-electron chi connectivity index (χ1n) is 5.98. The van der Waals surface area contributed by atoms with Gasteiger partial charge in [0.1, 0.15) is 17.6 Å². The van der Waals surface area contributed by atoms with Crippen molar-refractivity contribution in [2.24, 2.45) is 5.92 Å². The Bertz CT molecular complexity index is 386. The molecule has 0 aromatic carbocycles. The zero-order chi connectivity index (χ0) is 14.8. The first-order valence-corrected chi connectivity index (χ1v) is 5.98. The van der Waals surface area contributed by atoms with Gasteiger partial charge in [0.15, 0.2) is 0 Å². The molecule has 0 aromatic rings. The summed E-state index contributed by atoms with van der Waals surface area (Å²) in [5, 5.41) is 9.06. The summed E-state index contributed by atoms with van der Waals surface area (Å²) in [5.74, 6) is -2.59. The summed E-state index contributed by atoms with van der Waals surface area (Å²) in [6.45, 7) is 6.38. The van der Waals surface area contributed by atoms with Crippen LogP contribution in [0.1, 0.15) is 27.7 Å². The Morgan fingerprint density at radius 3 is 2.21 bits per heavy atom. The van der Waals surface area contributed by atoms with E-state index >= 15 is 0 Å². The second-order valence-corrected chi connectivity index (χ2v) is 5.48. The van der Waals surface area contributed by atoms with Crippen molar-refractivity contribution >= 4 is 18.0 Å². The van der Waals surface area contributed by atoms with Gasteiger partial charge in [0.2, 0.25) is 0 Å². The number of amides is 1. The largest absolute Gasteiger partial charge is 0.481 e. The highest BCUT2D eigenvalue weighted by atomic mass is 16.6. The lowest BCUT2D eigenvalue weighted by atomic mass is 10.1. The topological polar surface area (TPSA) is 93.1 Å². The third-order valence-corrected chi connectivity index (χ3v) is 2.55. The van der Waals surface area contributed by atoms with Crippen molar-refractivity contribution < 1.29 is 29.0 Å². The molecule has 0 aromatic heterocycles. The Morgan fingerprint density at radius 1 is 1.21 bits per heavy atom. The molecule has 0 aliphatic carbocycles. The lowest BCUT2D eigenvalue weighted by molar-refractivity contribution is -0.153. The monoisotopic (exact) mass is 273 g/mol. The standard InChI is InChI=1S/C12H19NO6/c1-7(14)18-9-6-13(5-8(9)10(15)16)11(17)19-12(2,3)4/h8-9H,5-6H2,1-4H3,(H,15,16). The minimum atomic E-state index is -1.10. The summed E-state index contributed by atoms with van der Waals surface area (Å²) in [5.41, 5.74) is -0.657. The number of likely N-dealkylation sites (tertiary alicyclic amines) is 1. The molecule has 1 N–H and O–H groups in total. The number of nitrogens with zero attached hydrogens (tertiary/aromatic N) is 1. The minimum absolute atomic E-state index is 0.0256. The SMILES string of the molecule is CC(=O)OC1CN(C(=O)OC(C)(C)C)CC1C(=O)O. The third-order valence-electron chi connectivity index (χ3n) is 2.55. The van der Waals surface area contributed by atoms with E-state index in [1.165, 1.54) is 11.8 Å². The molecule has 1 rings (SSSR count). The van der Waals surface area contributed by atoms with Gasteiger partial charge in [0.25, 0.3) is 0 Å². The van der Waals surface area contributed by atoms with E-state index in [0.29, 0.717) is 0 Å². The van der Waals surface area contributed by atoms with Gasteiger partial charge in [-0.1, -0.05) is 0 Å². The summed E-state index contributed by atoms with van der Waals surface area (Å²) in [4.78, 5) is 35.1. The fourth-order valence-corrected chi connectivity index (χ4v) is 1.82. The second kappa shape index (κ2) is 5.46. The van der Waals surface area contributed by atoms with E-state index in [9.17, 15) is 14.4 Å². The van der Waals surface area contributed by atoms with Crippen LogP contribution >= 0.6 is 0 Å². The van der Waals surface area contributed by atoms with Gasteiger partial charge in [0.05, 0.1) is 6.54 Å². The average Bonchev–Trinajstić information content (AvgIpc) is 2.57. The van der Waals surface area contributed by atoms with Crippen LogP contribution in [0.15, 0.2) is 0 Å². The van der Waals surface area contributed by atoms with E-state index in [2.05, 4.69) is 0 Å². The number of rotatable bonds is 2. The van der Waals surface area contributed by atoms with E-state index in [-0.39, 0.29) is 13.1 Å². The quantitative estimate of drug-likeness (QED) is 0.750. The number of carboxylic acid groups (broad SMARTS) is 1. The minimum Gasteiger partial charge on any atom is -0.481 e. The summed E-state index contributed by atoms with van der Waals surface area (Å²) in [6, 6.07) is 0. The second-order valence-electron chi connectivity index (χ2n) is 5.48. The Hall–Kier alpha value is -1.79. The number of hydrogen-bond donors (Lipinski definition) is 1. The van der Waals surface area contributed by atoms with Crippen molar-refractivity contribution in [1.82, 2.24) is 4.90 Å². The Balaban J connectivity index is 2.72. The average molecular weight is 273 g/mol. The molecule has 1 amide bonds. The highest BCUT2D eigenvalue weighted by Crippen LogP contribution is 2.22. The lowest BCUT2D eigenvalue weighted by Crippen LogP contribution is -2.36. The first kappa shape index (κ1) is 15.3. The number of carboxylic acids is 1. The molecule has 1 fully saturated rings. The van der Waals surface area contributed by atoms with Gasteiger partial charge in [0, 0.05) is 13.5 Å². The van der Waals surface area contributed by atoms with Gasteiger partial charge < -0.3 is 19.5 Å². The zero-order valence-corrected chi connectivity index (χ0v) is 11.5. The predicted molar refractivity (Wildman–Crippen MR) is 64.5 cm³/mol. The highest BCUT2D eigenvalue weighted by Gasteiger charge is 2.43. The van der Waals surface area contributed by atoms with Crippen LogP contribution in [0.5, 0.6) is 0 Å².